The summed E-state index contributed by atoms with van der Waals surface area (Å²) < 4.78 is 0. The normalized spacial score (nSPS) is 25.4. The summed E-state index contributed by atoms with van der Waals surface area (Å²) in [6.07, 6.45) is 2.73. The molecule has 3 atom stereocenters. The third-order valence-electron chi connectivity index (χ3n) is 5.66. The van der Waals surface area contributed by atoms with E-state index in [-0.39, 0.29) is 36.2 Å². The molecule has 0 aromatic heterocycles. The smallest absolute Gasteiger partial charge is 0.253 e. The predicted molar refractivity (Wildman–Crippen MR) is 110 cm³/mol. The van der Waals surface area contributed by atoms with Gasteiger partial charge in [-0.2, -0.15) is 0 Å². The molecule has 2 amide bonds. The first-order chi connectivity index (χ1) is 12.4. The minimum Gasteiger partial charge on any atom is -0.353 e. The summed E-state index contributed by atoms with van der Waals surface area (Å²) in [5, 5.41) is 6.60. The maximum absolute atomic E-state index is 12.9. The fraction of sp³-hybridized carbons (Fsp3) is 0.619. The van der Waals surface area contributed by atoms with Gasteiger partial charge in [0.1, 0.15) is 0 Å². The Kier molecular flexibility index (Phi) is 7.68. The maximum Gasteiger partial charge on any atom is 0.253 e. The fourth-order valence-electron chi connectivity index (χ4n) is 4.19. The minimum absolute atomic E-state index is 0. The first-order valence-electron chi connectivity index (χ1n) is 9.82. The maximum atomic E-state index is 12.9. The molecule has 0 radical (unpaired) electrons. The molecule has 2 heterocycles. The van der Waals surface area contributed by atoms with E-state index in [9.17, 15) is 9.59 Å². The molecule has 150 valence electrons. The molecule has 5 nitrogen and oxygen atoms in total. The molecule has 3 unspecified atom stereocenters. The monoisotopic (exact) mass is 393 g/mol. The van der Waals surface area contributed by atoms with E-state index in [4.69, 9.17) is 0 Å². The number of nitrogens with one attached hydrogen (secondary N) is 2. The minimum atomic E-state index is -0.0966. The van der Waals surface area contributed by atoms with Gasteiger partial charge in [0.25, 0.3) is 5.91 Å². The summed E-state index contributed by atoms with van der Waals surface area (Å²) in [6.45, 7) is 9.36. The van der Waals surface area contributed by atoms with E-state index in [1.165, 1.54) is 0 Å². The Morgan fingerprint density at radius 3 is 2.52 bits per heavy atom. The van der Waals surface area contributed by atoms with Gasteiger partial charge in [0, 0.05) is 24.7 Å². The van der Waals surface area contributed by atoms with Gasteiger partial charge in [0.2, 0.25) is 5.91 Å². The van der Waals surface area contributed by atoms with Crippen LogP contribution in [0.2, 0.25) is 0 Å². The lowest BCUT2D eigenvalue weighted by Crippen LogP contribution is -2.52. The van der Waals surface area contributed by atoms with Crippen LogP contribution in [-0.2, 0) is 4.79 Å². The second-order valence-corrected chi connectivity index (χ2v) is 8.05. The first-order valence-corrected chi connectivity index (χ1v) is 9.82. The molecule has 0 aliphatic carbocycles. The van der Waals surface area contributed by atoms with Crippen LogP contribution in [0.5, 0.6) is 0 Å². The van der Waals surface area contributed by atoms with Crippen LogP contribution in [0.15, 0.2) is 18.2 Å². The number of benzene rings is 1. The molecular weight excluding hydrogens is 362 g/mol. The molecule has 0 bridgehead atoms. The van der Waals surface area contributed by atoms with Crippen LogP contribution in [0.25, 0.3) is 0 Å². The van der Waals surface area contributed by atoms with Crippen LogP contribution in [-0.4, -0.2) is 48.9 Å². The lowest BCUT2D eigenvalue weighted by atomic mass is 9.92. The van der Waals surface area contributed by atoms with Crippen molar-refractivity contribution >= 4 is 24.2 Å². The zero-order chi connectivity index (χ0) is 18.7. The fourth-order valence-corrected chi connectivity index (χ4v) is 4.19. The number of rotatable bonds is 3. The van der Waals surface area contributed by atoms with Crippen molar-refractivity contribution in [1.82, 2.24) is 15.5 Å². The van der Waals surface area contributed by atoms with E-state index in [0.717, 1.165) is 55.6 Å². The number of halogens is 1. The molecule has 1 aromatic rings. The third-order valence-corrected chi connectivity index (χ3v) is 5.66. The molecule has 2 N–H and O–H groups in total. The first kappa shape index (κ1) is 21.7. The topological polar surface area (TPSA) is 61.4 Å². The Morgan fingerprint density at radius 1 is 1.15 bits per heavy atom. The highest BCUT2D eigenvalue weighted by Gasteiger charge is 2.31. The van der Waals surface area contributed by atoms with Crippen molar-refractivity contribution in [3.05, 3.63) is 34.9 Å². The largest absolute Gasteiger partial charge is 0.353 e. The van der Waals surface area contributed by atoms with Crippen LogP contribution in [0.4, 0.5) is 0 Å². The SMILES string of the molecule is Cc1cc(C)cc(C(=O)N2CCCC(C(=O)NC3CCNCC3C)C2)c1.Cl. The molecule has 2 aliphatic heterocycles. The average Bonchev–Trinajstić information content (AvgIpc) is 2.62. The van der Waals surface area contributed by atoms with Gasteiger partial charge in [-0.25, -0.2) is 0 Å². The molecular formula is C21H32ClN3O2. The van der Waals surface area contributed by atoms with Crippen LogP contribution in [0.1, 0.15) is 47.7 Å². The van der Waals surface area contributed by atoms with Gasteiger partial charge in [-0.1, -0.05) is 24.1 Å². The molecule has 2 fully saturated rings. The molecule has 1 aromatic carbocycles. The lowest BCUT2D eigenvalue weighted by molar-refractivity contribution is -0.127. The van der Waals surface area contributed by atoms with E-state index in [0.29, 0.717) is 12.5 Å². The van der Waals surface area contributed by atoms with Crippen molar-refractivity contribution < 1.29 is 9.59 Å². The Labute approximate surface area is 168 Å². The third kappa shape index (κ3) is 5.45. The van der Waals surface area contributed by atoms with E-state index in [2.05, 4.69) is 23.6 Å². The van der Waals surface area contributed by atoms with Crippen LogP contribution < -0.4 is 10.6 Å². The van der Waals surface area contributed by atoms with Crippen molar-refractivity contribution in [2.75, 3.05) is 26.2 Å². The number of likely N-dealkylation sites (tertiary alicyclic amines) is 1. The van der Waals surface area contributed by atoms with E-state index < -0.39 is 0 Å². The summed E-state index contributed by atoms with van der Waals surface area (Å²) >= 11 is 0. The molecule has 2 aliphatic rings. The second-order valence-electron chi connectivity index (χ2n) is 8.05. The summed E-state index contributed by atoms with van der Waals surface area (Å²) in [6, 6.07) is 6.20. The zero-order valence-corrected chi connectivity index (χ0v) is 17.4. The van der Waals surface area contributed by atoms with Gasteiger partial charge in [0.15, 0.2) is 0 Å². The number of nitrogens with zero attached hydrogens (tertiary/aromatic N) is 1. The Morgan fingerprint density at radius 2 is 1.85 bits per heavy atom. The molecule has 3 rings (SSSR count). The number of aryl methyl sites for hydroxylation is 2. The quantitative estimate of drug-likeness (QED) is 0.829. The van der Waals surface area contributed by atoms with Crippen LogP contribution in [0, 0.1) is 25.7 Å². The van der Waals surface area contributed by atoms with Gasteiger partial charge in [-0.15, -0.1) is 12.4 Å². The van der Waals surface area contributed by atoms with Gasteiger partial charge in [-0.3, -0.25) is 9.59 Å². The van der Waals surface area contributed by atoms with E-state index in [1.54, 1.807) is 0 Å². The summed E-state index contributed by atoms with van der Waals surface area (Å²) in [5.74, 6) is 0.510. The Hall–Kier alpha value is -1.59. The van der Waals surface area contributed by atoms with E-state index >= 15 is 0 Å². The molecule has 6 heteroatoms. The molecule has 27 heavy (non-hydrogen) atoms. The number of hydrogen-bond donors (Lipinski definition) is 2. The zero-order valence-electron chi connectivity index (χ0n) is 16.6. The van der Waals surface area contributed by atoms with Crippen molar-refractivity contribution in [3.8, 4) is 0 Å². The lowest BCUT2D eigenvalue weighted by Gasteiger charge is -2.35. The van der Waals surface area contributed by atoms with E-state index in [1.807, 2.05) is 30.9 Å². The number of hydrogen-bond acceptors (Lipinski definition) is 3. The highest BCUT2D eigenvalue weighted by Crippen LogP contribution is 2.21. The van der Waals surface area contributed by atoms with Crippen LogP contribution in [0.3, 0.4) is 0 Å². The Bertz CT molecular complexity index is 659. The summed E-state index contributed by atoms with van der Waals surface area (Å²) in [5.41, 5.74) is 2.93. The summed E-state index contributed by atoms with van der Waals surface area (Å²) in [7, 11) is 0. The van der Waals surface area contributed by atoms with Crippen molar-refractivity contribution in [3.63, 3.8) is 0 Å². The van der Waals surface area contributed by atoms with Gasteiger partial charge >= 0.3 is 0 Å². The summed E-state index contributed by atoms with van der Waals surface area (Å²) in [4.78, 5) is 27.5. The predicted octanol–water partition coefficient (Wildman–Crippen LogP) is 2.69. The number of carbonyl (C=O) groups is 2. The van der Waals surface area contributed by atoms with Crippen LogP contribution >= 0.6 is 12.4 Å². The Balaban J connectivity index is 0.00000261. The molecule has 0 saturated carbocycles. The molecule has 2 saturated heterocycles. The highest BCUT2D eigenvalue weighted by molar-refractivity contribution is 5.95. The second kappa shape index (κ2) is 9.56. The van der Waals surface area contributed by atoms with Gasteiger partial charge in [0.05, 0.1) is 5.92 Å². The highest BCUT2D eigenvalue weighted by atomic mass is 35.5. The van der Waals surface area contributed by atoms with Crippen molar-refractivity contribution in [2.45, 2.75) is 46.1 Å². The molecule has 0 spiro atoms. The van der Waals surface area contributed by atoms with Crippen molar-refractivity contribution in [1.29, 1.82) is 0 Å². The average molecular weight is 394 g/mol. The standard InChI is InChI=1S/C21H31N3O2.ClH/c1-14-9-15(2)11-18(10-14)21(26)24-8-4-5-17(13-24)20(25)23-19-6-7-22-12-16(19)3;/h9-11,16-17,19,22H,4-8,12-13H2,1-3H3,(H,23,25);1H. The number of carbonyl (C=O) groups excluding carboxylic acids is 2. The number of piperidine rings is 2. The van der Waals surface area contributed by atoms with Gasteiger partial charge < -0.3 is 15.5 Å². The number of amides is 2. The van der Waals surface area contributed by atoms with Gasteiger partial charge in [-0.05, 0) is 64.3 Å². The van der Waals surface area contributed by atoms with Crippen molar-refractivity contribution in [2.24, 2.45) is 11.8 Å².